The molecule has 9 N–H and O–H groups in total. The number of benzene rings is 2. The highest BCUT2D eigenvalue weighted by molar-refractivity contribution is 7.23. The second-order valence-electron chi connectivity index (χ2n) is 22.9. The van der Waals surface area contributed by atoms with Crippen LogP contribution in [0.1, 0.15) is 106 Å². The zero-order valence-electron chi connectivity index (χ0n) is 42.7. The number of imidazole rings is 1. The van der Waals surface area contributed by atoms with Crippen molar-refractivity contribution in [2.45, 2.75) is 95.7 Å². The van der Waals surface area contributed by atoms with Gasteiger partial charge in [0, 0.05) is 77.0 Å². The minimum Gasteiger partial charge on any atom is -0.507 e. The number of nitrogens with zero attached hydrogens (tertiary/aromatic N) is 2. The van der Waals surface area contributed by atoms with Crippen molar-refractivity contribution >= 4 is 46.2 Å². The van der Waals surface area contributed by atoms with Crippen LogP contribution in [0.15, 0.2) is 84.3 Å². The number of allylic oxidation sites excluding steroid dienone is 1. The maximum absolute atomic E-state index is 16.0. The van der Waals surface area contributed by atoms with Crippen LogP contribution in [0.2, 0.25) is 0 Å². The first-order valence-corrected chi connectivity index (χ1v) is 28.2. The highest BCUT2D eigenvalue weighted by Crippen LogP contribution is 2.76. The van der Waals surface area contributed by atoms with Gasteiger partial charge in [0.15, 0.2) is 11.7 Å². The lowest BCUT2D eigenvalue weighted by Gasteiger charge is -2.58. The molecule has 74 heavy (non-hydrogen) atoms. The predicted octanol–water partition coefficient (Wildman–Crippen LogP) is 8.74. The second kappa shape index (κ2) is 18.7. The number of carbonyl (C=O) groups excluding carboxylic acids is 1. The molecule has 12 rings (SSSR count). The van der Waals surface area contributed by atoms with E-state index >= 15 is 4.79 Å². The highest BCUT2D eigenvalue weighted by atomic mass is 32.1. The third-order valence-corrected chi connectivity index (χ3v) is 21.4. The Bertz CT molecular complexity index is 3250. The number of Topliss-reactive ketones (excluding diaryl/α,β-unsaturated/α-hetero) is 1. The van der Waals surface area contributed by atoms with Crippen LogP contribution in [0.25, 0.3) is 15.8 Å². The Morgan fingerprint density at radius 3 is 2.68 bits per heavy atom. The van der Waals surface area contributed by atoms with Crippen LogP contribution in [0.4, 0.5) is 5.69 Å². The summed E-state index contributed by atoms with van der Waals surface area (Å²) in [5, 5.41) is 47.8. The summed E-state index contributed by atoms with van der Waals surface area (Å²) in [4.78, 5) is 32.3. The molecule has 3 aromatic heterocycles. The molecule has 13 heteroatoms. The quantitative estimate of drug-likeness (QED) is 0.0236. The molecule has 12 unspecified atom stereocenters. The van der Waals surface area contributed by atoms with Crippen molar-refractivity contribution in [3.8, 4) is 39.2 Å². The summed E-state index contributed by atoms with van der Waals surface area (Å²) < 4.78 is 0. The summed E-state index contributed by atoms with van der Waals surface area (Å²) in [7, 11) is 3.72. The Labute approximate surface area is 442 Å². The van der Waals surface area contributed by atoms with E-state index in [0.717, 1.165) is 86.1 Å². The molecule has 382 valence electrons. The molecule has 11 nitrogen and oxygen atoms in total. The molecule has 2 aromatic carbocycles. The molecule has 7 aliphatic rings. The van der Waals surface area contributed by atoms with E-state index < -0.39 is 22.5 Å². The number of fused-ring (bicyclic) bond motifs is 6. The van der Waals surface area contributed by atoms with E-state index in [0.29, 0.717) is 49.3 Å². The molecule has 5 heterocycles. The van der Waals surface area contributed by atoms with Crippen molar-refractivity contribution < 1.29 is 20.1 Å². The van der Waals surface area contributed by atoms with Gasteiger partial charge in [0.05, 0.1) is 39.0 Å². The number of aliphatic imine (C=N–C) groups is 1. The molecule has 0 amide bonds. The van der Waals surface area contributed by atoms with Gasteiger partial charge in [0.2, 0.25) is 0 Å². The van der Waals surface area contributed by atoms with E-state index in [4.69, 9.17) is 5.73 Å². The van der Waals surface area contributed by atoms with Crippen LogP contribution in [0, 0.1) is 75.4 Å². The molecule has 3 saturated carbocycles. The molecule has 3 spiro atoms. The number of H-pyrrole nitrogens is 1. The van der Waals surface area contributed by atoms with Crippen LogP contribution >= 0.6 is 22.7 Å². The lowest BCUT2D eigenvalue weighted by molar-refractivity contribution is -0.0222. The molecule has 5 aromatic rings. The number of nitrogens with one attached hydrogen (secondary N) is 4. The van der Waals surface area contributed by atoms with Gasteiger partial charge in [-0.3, -0.25) is 9.79 Å². The van der Waals surface area contributed by atoms with Crippen molar-refractivity contribution in [1.29, 1.82) is 0 Å². The molecule has 5 aliphatic carbocycles. The zero-order chi connectivity index (χ0) is 51.1. The molecule has 9 bridgehead atoms. The van der Waals surface area contributed by atoms with Gasteiger partial charge >= 0.3 is 0 Å². The van der Waals surface area contributed by atoms with Crippen molar-refractivity contribution in [2.24, 2.45) is 62.5 Å². The lowest BCUT2D eigenvalue weighted by atomic mass is 9.47. The number of aliphatic hydroxyl groups is 2. The van der Waals surface area contributed by atoms with Crippen LogP contribution in [-0.2, 0) is 25.7 Å². The number of hydrogen-bond donors (Lipinski definition) is 8. The fraction of sp³-hybridized carbons (Fsp3) is 0.459. The number of aromatic hydroxyl groups is 1. The van der Waals surface area contributed by atoms with Gasteiger partial charge in [-0.05, 0) is 166 Å². The normalized spacial score (nSPS) is 33.1. The molecule has 2 aliphatic heterocycles. The summed E-state index contributed by atoms with van der Waals surface area (Å²) in [6.45, 7) is 4.60. The number of hydrogen-bond acceptors (Lipinski definition) is 10. The van der Waals surface area contributed by atoms with E-state index in [-0.39, 0.29) is 65.1 Å². The Hall–Kier alpha value is -5.93. The lowest BCUT2D eigenvalue weighted by Crippen LogP contribution is -2.59. The first kappa shape index (κ1) is 49.0. The van der Waals surface area contributed by atoms with E-state index in [9.17, 15) is 15.3 Å². The minimum absolute atomic E-state index is 0.0308. The minimum atomic E-state index is -1.25. The van der Waals surface area contributed by atoms with Crippen LogP contribution in [-0.4, -0.2) is 82.0 Å². The standard InChI is InChI=1S/C61H67N7O4S2/c1-5-7-41-11-14-49(73-41)50-15-16-51(74-50)56(71)46-20-22-59-21-19-45-54(60(33-61(45,46)32-59)23-18-38(29-63-3)47(60)31-69)36-10-12-42-39(26-53(59)68-57(62)64-4)25-48(70)43-13-17-52(67-55(42)43)58(2,72)28-37-9-6-8-35(24-36)44(37)27-40-30-65-34-66-40/h6,8-9,11,13-17,19,21,25,30,34,36,38,45-47,52-54,63,67,69-70,72H,18,20,22-24,26-29,31-33H2,1-4H3,(H,65,66)(H3,62,64,68). The van der Waals surface area contributed by atoms with Gasteiger partial charge in [-0.25, -0.2) is 4.98 Å². The summed E-state index contributed by atoms with van der Waals surface area (Å²) in [6, 6.07) is 16.0. The van der Waals surface area contributed by atoms with Gasteiger partial charge in [0.1, 0.15) is 5.75 Å². The summed E-state index contributed by atoms with van der Waals surface area (Å²) in [5.41, 5.74) is 11.6. The van der Waals surface area contributed by atoms with E-state index in [2.05, 4.69) is 109 Å². The zero-order valence-corrected chi connectivity index (χ0v) is 44.4. The van der Waals surface area contributed by atoms with Crippen molar-refractivity contribution in [1.82, 2.24) is 20.6 Å². The highest BCUT2D eigenvalue weighted by Gasteiger charge is 2.72. The molecule has 3 fully saturated rings. The Morgan fingerprint density at radius 2 is 1.88 bits per heavy atom. The number of aromatic nitrogens is 2. The van der Waals surface area contributed by atoms with Gasteiger partial charge in [-0.1, -0.05) is 60.3 Å². The fourth-order valence-electron chi connectivity index (χ4n) is 16.0. The molecular weight excluding hydrogens is 959 g/mol. The summed E-state index contributed by atoms with van der Waals surface area (Å²) in [5.74, 6) is 14.5. The first-order chi connectivity index (χ1) is 35.8. The second-order valence-corrected chi connectivity index (χ2v) is 25.1. The van der Waals surface area contributed by atoms with E-state index in [1.807, 2.05) is 45.3 Å². The van der Waals surface area contributed by atoms with Gasteiger partial charge < -0.3 is 42.0 Å². The number of aromatic amines is 1. The number of thiophene rings is 2. The van der Waals surface area contributed by atoms with Gasteiger partial charge in [-0.15, -0.1) is 28.6 Å². The Kier molecular flexibility index (Phi) is 12.4. The van der Waals surface area contributed by atoms with Crippen molar-refractivity contribution in [3.05, 3.63) is 128 Å². The van der Waals surface area contributed by atoms with Crippen LogP contribution in [0.3, 0.4) is 0 Å². The van der Waals surface area contributed by atoms with Crippen molar-refractivity contribution in [2.75, 3.05) is 32.6 Å². The molecule has 0 radical (unpaired) electrons. The molecule has 0 saturated heterocycles. The Morgan fingerprint density at radius 1 is 1.04 bits per heavy atom. The number of phenolic OH excluding ortho intramolecular Hbond substituents is 1. The number of aliphatic hydroxyl groups excluding tert-OH is 1. The average Bonchev–Trinajstić information content (AvgIpc) is 4.25. The number of guanidine groups is 1. The fourth-order valence-corrected chi connectivity index (χ4v) is 18.0. The summed E-state index contributed by atoms with van der Waals surface area (Å²) in [6.07, 6.45) is 19.5. The molecular formula is C61H67N7O4S2. The third kappa shape index (κ3) is 7.91. The smallest absolute Gasteiger partial charge is 0.188 e. The topological polar surface area (TPSA) is 181 Å². The maximum Gasteiger partial charge on any atom is 0.188 e. The molecule has 12 atom stereocenters. The summed E-state index contributed by atoms with van der Waals surface area (Å²) >= 11 is 3.26. The average molecular weight is 1030 g/mol. The number of phenols is 1. The Balaban J connectivity index is 1.11. The number of ketones is 1. The SMILES string of the molecule is CC#Cc1ccc(-c2ccc(C(=O)C3CCC45C=CC6C(C7C#Cc8c(cc(O)c9c8NC(C=C9)C(C)(O)Cc8cccc(c8Cc8cnc[nH]8)C7)CC4NC(N)=NC)C4(CCC(CNC)C4CO)CC36C5)s2)s1. The first-order valence-electron chi connectivity index (χ1n) is 26.6. The monoisotopic (exact) mass is 1030 g/mol. The maximum atomic E-state index is 16.0. The predicted molar refractivity (Wildman–Crippen MR) is 296 cm³/mol. The number of carbonyl (C=O) groups is 1. The largest absolute Gasteiger partial charge is 0.507 e. The number of rotatable bonds is 9. The van der Waals surface area contributed by atoms with Crippen molar-refractivity contribution in [3.63, 3.8) is 0 Å². The third-order valence-electron chi connectivity index (χ3n) is 19.1. The van der Waals surface area contributed by atoms with Gasteiger partial charge in [0.25, 0.3) is 0 Å². The van der Waals surface area contributed by atoms with Gasteiger partial charge in [-0.2, -0.15) is 0 Å². The van der Waals surface area contributed by atoms with Crippen LogP contribution < -0.4 is 21.7 Å². The van der Waals surface area contributed by atoms with E-state index in [1.54, 1.807) is 36.0 Å². The number of nitrogens with two attached hydrogens (primary N) is 1. The number of anilines is 1. The van der Waals surface area contributed by atoms with E-state index in [1.165, 1.54) is 5.56 Å². The van der Waals surface area contributed by atoms with Crippen LogP contribution in [0.5, 0.6) is 5.75 Å².